The largest absolute Gasteiger partial charge is 0.456 e. The molecule has 0 atom stereocenters. The van der Waals surface area contributed by atoms with E-state index < -0.39 is 0 Å². The first-order valence-electron chi connectivity index (χ1n) is 13.5. The van der Waals surface area contributed by atoms with E-state index in [1.54, 1.807) is 11.8 Å². The van der Waals surface area contributed by atoms with Crippen molar-refractivity contribution < 1.29 is 4.42 Å². The number of thiol groups is 1. The van der Waals surface area contributed by atoms with Gasteiger partial charge in [0.25, 0.3) is 0 Å². The summed E-state index contributed by atoms with van der Waals surface area (Å²) in [5.41, 5.74) is 11.3. The number of nitrogens with zero attached hydrogens (tertiary/aromatic N) is 1. The number of rotatable bonds is 9. The summed E-state index contributed by atoms with van der Waals surface area (Å²) >= 11 is 6.62. The summed E-state index contributed by atoms with van der Waals surface area (Å²) in [6.45, 7) is 18.8. The summed E-state index contributed by atoms with van der Waals surface area (Å²) in [4.78, 5) is 5.88. The number of allylic oxidation sites excluding steroid dienone is 3. The minimum atomic E-state index is 0.766. The van der Waals surface area contributed by atoms with Gasteiger partial charge in [-0.15, -0.1) is 12.6 Å². The van der Waals surface area contributed by atoms with Crippen LogP contribution in [0.15, 0.2) is 122 Å². The van der Waals surface area contributed by atoms with Crippen molar-refractivity contribution in [1.82, 2.24) is 0 Å². The highest BCUT2D eigenvalue weighted by molar-refractivity contribution is 7.98. The zero-order chi connectivity index (χ0) is 29.0. The third-order valence-electron chi connectivity index (χ3n) is 6.94. The molecule has 0 radical (unpaired) electrons. The average molecular weight is 567 g/mol. The third kappa shape index (κ3) is 6.32. The quantitative estimate of drug-likeness (QED) is 0.120. The molecule has 2 aromatic carbocycles. The van der Waals surface area contributed by atoms with Crippen LogP contribution >= 0.6 is 24.4 Å². The Hall–Kier alpha value is -3.41. The Bertz CT molecular complexity index is 1700. The van der Waals surface area contributed by atoms with Crippen LogP contribution in [0, 0.1) is 0 Å². The van der Waals surface area contributed by atoms with Crippen LogP contribution in [0.4, 0.5) is 5.69 Å². The molecule has 0 bridgehead atoms. The molecular formula is C35H38N2OS2. The molecule has 206 valence electrons. The molecule has 0 saturated carbocycles. The van der Waals surface area contributed by atoms with Gasteiger partial charge >= 0.3 is 0 Å². The lowest BCUT2D eigenvalue weighted by molar-refractivity contribution is 0.619. The molecule has 1 aliphatic carbocycles. The fraction of sp³-hybridized carbons (Fsp3) is 0.229. The van der Waals surface area contributed by atoms with E-state index in [1.807, 2.05) is 38.1 Å². The Morgan fingerprint density at radius 3 is 2.33 bits per heavy atom. The molecule has 4 rings (SSSR count). The van der Waals surface area contributed by atoms with Gasteiger partial charge in [0.2, 0.25) is 0 Å². The van der Waals surface area contributed by atoms with Crippen molar-refractivity contribution in [2.24, 2.45) is 4.99 Å². The Balaban J connectivity index is 2.00. The molecule has 0 saturated heterocycles. The molecule has 0 unspecified atom stereocenters. The van der Waals surface area contributed by atoms with E-state index in [0.717, 1.165) is 84.1 Å². The number of hydrogen-bond acceptors (Lipinski definition) is 5. The van der Waals surface area contributed by atoms with E-state index in [0.29, 0.717) is 0 Å². The average Bonchev–Trinajstić information content (AvgIpc) is 2.93. The second kappa shape index (κ2) is 12.8. The van der Waals surface area contributed by atoms with Gasteiger partial charge in [-0.2, -0.15) is 11.8 Å². The maximum atomic E-state index is 6.60. The molecule has 40 heavy (non-hydrogen) atoms. The molecule has 0 amide bonds. The topological polar surface area (TPSA) is 37.5 Å². The Kier molecular flexibility index (Phi) is 9.49. The van der Waals surface area contributed by atoms with Crippen LogP contribution in [0.2, 0.25) is 0 Å². The van der Waals surface area contributed by atoms with Gasteiger partial charge in [0.1, 0.15) is 11.3 Å². The van der Waals surface area contributed by atoms with Gasteiger partial charge in [0.05, 0.1) is 11.1 Å². The Morgan fingerprint density at radius 1 is 0.925 bits per heavy atom. The standard InChI is InChI=1S/C35H38N2OS2/c1-9-23(6)34(21(2)3)36-25-14-16-27-30(18-25)38-31-19-26(37-35(22(4)5)24(7)20-40-8)15-17-28(31)33(27)29-12-10-11-13-32(29)39/h10-19,37,39H,2,4,9,20H2,1,3,5-8H3/b34-23+,35-24+,36-25?. The molecule has 1 N–H and O–H groups in total. The fourth-order valence-corrected chi connectivity index (χ4v) is 5.71. The molecule has 0 spiro atoms. The van der Waals surface area contributed by atoms with E-state index >= 15 is 0 Å². The first kappa shape index (κ1) is 29.6. The first-order valence-corrected chi connectivity index (χ1v) is 15.3. The van der Waals surface area contributed by atoms with Crippen molar-refractivity contribution in [3.05, 3.63) is 113 Å². The lowest BCUT2D eigenvalue weighted by Crippen LogP contribution is -2.06. The van der Waals surface area contributed by atoms with Crippen molar-refractivity contribution in [3.63, 3.8) is 0 Å². The first-order chi connectivity index (χ1) is 19.1. The minimum absolute atomic E-state index is 0.766. The van der Waals surface area contributed by atoms with E-state index in [4.69, 9.17) is 22.0 Å². The summed E-state index contributed by atoms with van der Waals surface area (Å²) in [5, 5.41) is 5.46. The van der Waals surface area contributed by atoms with Crippen molar-refractivity contribution in [3.8, 4) is 22.5 Å². The van der Waals surface area contributed by atoms with E-state index in [-0.39, 0.29) is 0 Å². The smallest absolute Gasteiger partial charge is 0.137 e. The predicted molar refractivity (Wildman–Crippen MR) is 178 cm³/mol. The Labute approximate surface area is 248 Å². The van der Waals surface area contributed by atoms with Crippen LogP contribution < -0.4 is 10.7 Å². The summed E-state index contributed by atoms with van der Waals surface area (Å²) < 4.78 is 6.60. The van der Waals surface area contributed by atoms with Gasteiger partial charge in [-0.1, -0.05) is 38.3 Å². The molecule has 3 nitrogen and oxygen atoms in total. The molecule has 0 aromatic heterocycles. The number of benzene rings is 3. The van der Waals surface area contributed by atoms with E-state index in [1.165, 1.54) is 11.1 Å². The highest BCUT2D eigenvalue weighted by atomic mass is 32.2. The van der Waals surface area contributed by atoms with Crippen LogP contribution in [0.5, 0.6) is 0 Å². The van der Waals surface area contributed by atoms with Gasteiger partial charge in [-0.05, 0) is 98.6 Å². The van der Waals surface area contributed by atoms with Crippen molar-refractivity contribution >= 4 is 41.0 Å². The van der Waals surface area contributed by atoms with Gasteiger partial charge in [0.15, 0.2) is 0 Å². The molecule has 1 heterocycles. The number of hydrogen-bond donors (Lipinski definition) is 2. The van der Waals surface area contributed by atoms with E-state index in [9.17, 15) is 0 Å². The molecule has 0 fully saturated rings. The van der Waals surface area contributed by atoms with Crippen LogP contribution in [0.25, 0.3) is 33.4 Å². The van der Waals surface area contributed by atoms with Gasteiger partial charge in [0, 0.05) is 50.7 Å². The van der Waals surface area contributed by atoms with E-state index in [2.05, 4.69) is 81.9 Å². The summed E-state index contributed by atoms with van der Waals surface area (Å²) in [7, 11) is 0. The molecule has 5 heteroatoms. The fourth-order valence-electron chi connectivity index (χ4n) is 4.86. The SMILES string of the molecule is C=C(C)/C(N=c1ccc2c(-c3ccccc3S)c3ccc(N/C(C(=C)C)=C(\C)CSC)cc3oc-2c1)=C(/C)CC. The summed E-state index contributed by atoms with van der Waals surface area (Å²) in [5.74, 6) is 1.70. The minimum Gasteiger partial charge on any atom is -0.456 e. The van der Waals surface area contributed by atoms with Crippen molar-refractivity contribution in [2.75, 3.05) is 17.3 Å². The molecule has 1 aliphatic heterocycles. The normalized spacial score (nSPS) is 13.3. The Morgan fingerprint density at radius 2 is 1.68 bits per heavy atom. The zero-order valence-electron chi connectivity index (χ0n) is 24.3. The number of fused-ring (bicyclic) bond motifs is 2. The zero-order valence-corrected chi connectivity index (χ0v) is 26.0. The van der Waals surface area contributed by atoms with Gasteiger partial charge in [-0.3, -0.25) is 0 Å². The highest BCUT2D eigenvalue weighted by Crippen LogP contribution is 2.42. The lowest BCUT2D eigenvalue weighted by Gasteiger charge is -2.19. The highest BCUT2D eigenvalue weighted by Gasteiger charge is 2.19. The van der Waals surface area contributed by atoms with Crippen LogP contribution in [-0.2, 0) is 0 Å². The number of thioether (sulfide) groups is 1. The monoisotopic (exact) mass is 566 g/mol. The molecule has 2 aliphatic rings. The van der Waals surface area contributed by atoms with Crippen LogP contribution in [0.1, 0.15) is 41.0 Å². The van der Waals surface area contributed by atoms with Crippen molar-refractivity contribution in [1.29, 1.82) is 0 Å². The van der Waals surface area contributed by atoms with Crippen LogP contribution in [-0.4, -0.2) is 12.0 Å². The maximum Gasteiger partial charge on any atom is 0.137 e. The number of nitrogens with one attached hydrogen (secondary N) is 1. The summed E-state index contributed by atoms with van der Waals surface area (Å²) in [6, 6.07) is 20.7. The molecular weight excluding hydrogens is 529 g/mol. The second-order valence-corrected chi connectivity index (χ2v) is 11.6. The van der Waals surface area contributed by atoms with Gasteiger partial charge < -0.3 is 9.73 Å². The van der Waals surface area contributed by atoms with Gasteiger partial charge in [-0.25, -0.2) is 4.99 Å². The predicted octanol–water partition coefficient (Wildman–Crippen LogP) is 10.3. The lowest BCUT2D eigenvalue weighted by atomic mass is 9.93. The maximum absolute atomic E-state index is 6.60. The summed E-state index contributed by atoms with van der Waals surface area (Å²) in [6.07, 6.45) is 3.03. The third-order valence-corrected chi connectivity index (χ3v) is 8.05. The second-order valence-electron chi connectivity index (χ2n) is 10.3. The number of anilines is 1. The molecule has 2 aromatic rings. The van der Waals surface area contributed by atoms with Crippen LogP contribution in [0.3, 0.4) is 0 Å². The van der Waals surface area contributed by atoms with Crippen molar-refractivity contribution in [2.45, 2.75) is 45.9 Å².